The molecule has 1 aliphatic heterocycles. The number of nitrogens with one attached hydrogen (secondary N) is 1. The highest BCUT2D eigenvalue weighted by Gasteiger charge is 2.26. The quantitative estimate of drug-likeness (QED) is 0.635. The number of ether oxygens (including phenoxy) is 1. The molecule has 0 amide bonds. The Hall–Kier alpha value is -1.76. The van der Waals surface area contributed by atoms with Crippen molar-refractivity contribution in [3.8, 4) is 5.75 Å². The fourth-order valence-electron chi connectivity index (χ4n) is 3.61. The van der Waals surface area contributed by atoms with E-state index in [9.17, 15) is 4.39 Å². The first-order valence-corrected chi connectivity index (χ1v) is 10.7. The standard InChI is InChI=1S/C22H30FN3OS/c1-17(2)27-22-9-4-6-18(14-22)16-25-12-10-20(11-13-25)26(28-24-3)21-8-5-7-19(23)15-21/h4-9,14-15,17,20,24H,10-13,16H2,1-3H3. The van der Waals surface area contributed by atoms with Gasteiger partial charge in [-0.25, -0.2) is 9.11 Å². The number of rotatable bonds is 8. The normalized spacial score (nSPS) is 15.8. The van der Waals surface area contributed by atoms with Gasteiger partial charge in [0.2, 0.25) is 0 Å². The Kier molecular flexibility index (Phi) is 7.59. The van der Waals surface area contributed by atoms with Gasteiger partial charge in [0.25, 0.3) is 0 Å². The van der Waals surface area contributed by atoms with Crippen LogP contribution in [0.25, 0.3) is 0 Å². The number of hydrogen-bond acceptors (Lipinski definition) is 5. The van der Waals surface area contributed by atoms with E-state index < -0.39 is 0 Å². The van der Waals surface area contributed by atoms with Gasteiger partial charge in [-0.3, -0.25) is 4.90 Å². The van der Waals surface area contributed by atoms with Gasteiger partial charge in [-0.15, -0.1) is 0 Å². The summed E-state index contributed by atoms with van der Waals surface area (Å²) in [7, 11) is 1.90. The molecule has 1 N–H and O–H groups in total. The predicted octanol–water partition coefficient (Wildman–Crippen LogP) is 4.87. The maximum absolute atomic E-state index is 13.7. The minimum atomic E-state index is -0.194. The number of piperidine rings is 1. The first-order valence-electron chi connectivity index (χ1n) is 9.91. The highest BCUT2D eigenvalue weighted by Crippen LogP contribution is 2.29. The van der Waals surface area contributed by atoms with Crippen molar-refractivity contribution in [1.82, 2.24) is 9.62 Å². The number of likely N-dealkylation sites (tertiary alicyclic amines) is 1. The number of anilines is 1. The largest absolute Gasteiger partial charge is 0.491 e. The van der Waals surface area contributed by atoms with Gasteiger partial charge in [0, 0.05) is 37.8 Å². The minimum absolute atomic E-state index is 0.185. The van der Waals surface area contributed by atoms with Crippen LogP contribution < -0.4 is 13.8 Å². The zero-order valence-corrected chi connectivity index (χ0v) is 17.7. The molecule has 2 aromatic carbocycles. The third-order valence-electron chi connectivity index (χ3n) is 4.82. The van der Waals surface area contributed by atoms with Crippen molar-refractivity contribution in [3.05, 3.63) is 59.9 Å². The van der Waals surface area contributed by atoms with Gasteiger partial charge in [0.05, 0.1) is 11.8 Å². The molecule has 0 aliphatic carbocycles. The highest BCUT2D eigenvalue weighted by atomic mass is 32.2. The van der Waals surface area contributed by atoms with Crippen LogP contribution in [-0.2, 0) is 6.54 Å². The van der Waals surface area contributed by atoms with Gasteiger partial charge in [-0.1, -0.05) is 18.2 Å². The van der Waals surface area contributed by atoms with Crippen molar-refractivity contribution in [2.45, 2.75) is 45.4 Å². The Bertz CT molecular complexity index is 750. The molecule has 1 fully saturated rings. The topological polar surface area (TPSA) is 27.7 Å². The van der Waals surface area contributed by atoms with Crippen molar-refractivity contribution in [1.29, 1.82) is 0 Å². The summed E-state index contributed by atoms with van der Waals surface area (Å²) in [5, 5.41) is 0. The van der Waals surface area contributed by atoms with E-state index in [0.29, 0.717) is 6.04 Å². The molecule has 3 rings (SSSR count). The Morgan fingerprint density at radius 1 is 1.18 bits per heavy atom. The molecule has 6 heteroatoms. The summed E-state index contributed by atoms with van der Waals surface area (Å²) in [5.41, 5.74) is 2.19. The lowest BCUT2D eigenvalue weighted by atomic mass is 10.0. The van der Waals surface area contributed by atoms with E-state index in [1.165, 1.54) is 23.8 Å². The smallest absolute Gasteiger partial charge is 0.125 e. The van der Waals surface area contributed by atoms with E-state index >= 15 is 0 Å². The number of nitrogens with zero attached hydrogens (tertiary/aromatic N) is 2. The number of halogens is 1. The molecule has 0 saturated carbocycles. The van der Waals surface area contributed by atoms with Gasteiger partial charge in [0.1, 0.15) is 11.6 Å². The van der Waals surface area contributed by atoms with Crippen LogP contribution in [0, 0.1) is 5.82 Å². The van der Waals surface area contributed by atoms with Gasteiger partial charge in [-0.2, -0.15) is 0 Å². The second kappa shape index (κ2) is 10.1. The van der Waals surface area contributed by atoms with Crippen molar-refractivity contribution in [3.63, 3.8) is 0 Å². The summed E-state index contributed by atoms with van der Waals surface area (Å²) in [5.74, 6) is 0.741. The molecule has 4 nitrogen and oxygen atoms in total. The van der Waals surface area contributed by atoms with Gasteiger partial charge in [-0.05, 0) is 69.6 Å². The molecule has 0 bridgehead atoms. The Morgan fingerprint density at radius 3 is 2.61 bits per heavy atom. The number of hydrogen-bond donors (Lipinski definition) is 1. The van der Waals surface area contributed by atoms with E-state index in [1.54, 1.807) is 12.1 Å². The average Bonchev–Trinajstić information content (AvgIpc) is 2.67. The molecule has 0 spiro atoms. The fraction of sp³-hybridized carbons (Fsp3) is 0.455. The second-order valence-corrected chi connectivity index (χ2v) is 8.41. The Morgan fingerprint density at radius 2 is 1.93 bits per heavy atom. The Labute approximate surface area is 172 Å². The van der Waals surface area contributed by atoms with E-state index in [0.717, 1.165) is 43.9 Å². The molecule has 0 aromatic heterocycles. The van der Waals surface area contributed by atoms with Crippen LogP contribution in [0.4, 0.5) is 10.1 Å². The lowest BCUT2D eigenvalue weighted by Gasteiger charge is -2.38. The van der Waals surface area contributed by atoms with Crippen LogP contribution >= 0.6 is 12.1 Å². The zero-order valence-electron chi connectivity index (χ0n) is 16.9. The van der Waals surface area contributed by atoms with Crippen LogP contribution in [0.2, 0.25) is 0 Å². The third-order valence-corrected chi connectivity index (χ3v) is 5.71. The molecule has 0 unspecified atom stereocenters. The average molecular weight is 404 g/mol. The molecular formula is C22H30FN3OS. The first kappa shape index (κ1) is 21.0. The lowest BCUT2D eigenvalue weighted by Crippen LogP contribution is -2.43. The van der Waals surface area contributed by atoms with Crippen LogP contribution in [0.3, 0.4) is 0 Å². The summed E-state index contributed by atoms with van der Waals surface area (Å²) in [6.45, 7) is 7.07. The summed E-state index contributed by atoms with van der Waals surface area (Å²) in [4.78, 5) is 2.48. The second-order valence-electron chi connectivity index (χ2n) is 7.42. The van der Waals surface area contributed by atoms with Crippen molar-refractivity contribution < 1.29 is 9.13 Å². The molecule has 152 valence electrons. The monoisotopic (exact) mass is 403 g/mol. The fourth-order valence-corrected chi connectivity index (χ4v) is 4.38. The molecule has 2 aromatic rings. The highest BCUT2D eigenvalue weighted by molar-refractivity contribution is 7.98. The van der Waals surface area contributed by atoms with Gasteiger partial charge >= 0.3 is 0 Å². The maximum Gasteiger partial charge on any atom is 0.125 e. The van der Waals surface area contributed by atoms with E-state index in [1.807, 2.05) is 33.0 Å². The molecule has 1 aliphatic rings. The van der Waals surface area contributed by atoms with Crippen molar-refractivity contribution >= 4 is 17.8 Å². The molecule has 28 heavy (non-hydrogen) atoms. The SMILES string of the molecule is CNSN(c1cccc(F)c1)C1CCN(Cc2cccc(OC(C)C)c2)CC1. The van der Waals surface area contributed by atoms with Crippen LogP contribution in [0.5, 0.6) is 5.75 Å². The summed E-state index contributed by atoms with van der Waals surface area (Å²) in [6.07, 6.45) is 2.28. The zero-order chi connectivity index (χ0) is 19.9. The number of benzene rings is 2. The molecule has 0 radical (unpaired) electrons. The Balaban J connectivity index is 1.58. The van der Waals surface area contributed by atoms with Gasteiger partial charge in [0.15, 0.2) is 0 Å². The van der Waals surface area contributed by atoms with Crippen molar-refractivity contribution in [2.24, 2.45) is 0 Å². The van der Waals surface area contributed by atoms with Gasteiger partial charge < -0.3 is 9.04 Å². The van der Waals surface area contributed by atoms with Crippen molar-refractivity contribution in [2.75, 3.05) is 24.4 Å². The maximum atomic E-state index is 13.7. The predicted molar refractivity (Wildman–Crippen MR) is 116 cm³/mol. The van der Waals surface area contributed by atoms with Crippen LogP contribution in [0.1, 0.15) is 32.3 Å². The summed E-state index contributed by atoms with van der Waals surface area (Å²) < 4.78 is 24.8. The van der Waals surface area contributed by atoms with E-state index in [4.69, 9.17) is 4.74 Å². The molecule has 1 saturated heterocycles. The molecular weight excluding hydrogens is 373 g/mol. The van der Waals surface area contributed by atoms with E-state index in [-0.39, 0.29) is 11.9 Å². The third kappa shape index (κ3) is 5.87. The molecule has 1 heterocycles. The molecule has 0 atom stereocenters. The van der Waals surface area contributed by atoms with Crippen LogP contribution in [0.15, 0.2) is 48.5 Å². The summed E-state index contributed by atoms with van der Waals surface area (Å²) >= 11 is 1.54. The first-order chi connectivity index (χ1) is 13.5. The minimum Gasteiger partial charge on any atom is -0.491 e. The van der Waals surface area contributed by atoms with E-state index in [2.05, 4.69) is 32.1 Å². The summed E-state index contributed by atoms with van der Waals surface area (Å²) in [6, 6.07) is 15.6. The van der Waals surface area contributed by atoms with Crippen LogP contribution in [-0.4, -0.2) is 37.2 Å². The lowest BCUT2D eigenvalue weighted by molar-refractivity contribution is 0.206.